The molecule has 2 heterocycles. The molecule has 10 heteroatoms. The standard InChI is InChI=1S/C17H12F3N3O2S2/c1-8-15(27-17(22-8)11-3-2-6-26-11)16(25)21-7-12(24)23-10-5-4-9(18)13(19)14(10)20/h2-6H,7H2,1H3,(H,21,25)(H,23,24). The Balaban J connectivity index is 1.62. The van der Waals surface area contributed by atoms with Gasteiger partial charge in [0.1, 0.15) is 9.88 Å². The summed E-state index contributed by atoms with van der Waals surface area (Å²) < 4.78 is 39.6. The molecular weight excluding hydrogens is 399 g/mol. The van der Waals surface area contributed by atoms with E-state index in [-0.39, 0.29) is 0 Å². The van der Waals surface area contributed by atoms with E-state index in [0.29, 0.717) is 21.6 Å². The molecule has 140 valence electrons. The van der Waals surface area contributed by atoms with Gasteiger partial charge in [0.15, 0.2) is 17.5 Å². The number of carbonyl (C=O) groups excluding carboxylic acids is 2. The highest BCUT2D eigenvalue weighted by Gasteiger charge is 2.19. The lowest BCUT2D eigenvalue weighted by Gasteiger charge is -2.08. The number of aryl methyl sites for hydroxylation is 1. The third kappa shape index (κ3) is 4.17. The Morgan fingerprint density at radius 2 is 1.93 bits per heavy atom. The lowest BCUT2D eigenvalue weighted by molar-refractivity contribution is -0.115. The zero-order valence-corrected chi connectivity index (χ0v) is 15.4. The van der Waals surface area contributed by atoms with Gasteiger partial charge in [-0.3, -0.25) is 9.59 Å². The van der Waals surface area contributed by atoms with Crippen LogP contribution in [-0.4, -0.2) is 23.3 Å². The fourth-order valence-corrected chi connectivity index (χ4v) is 3.95. The van der Waals surface area contributed by atoms with E-state index in [2.05, 4.69) is 15.6 Å². The van der Waals surface area contributed by atoms with Crippen molar-refractivity contribution in [3.05, 3.63) is 57.7 Å². The van der Waals surface area contributed by atoms with Crippen LogP contribution in [0.25, 0.3) is 9.88 Å². The summed E-state index contributed by atoms with van der Waals surface area (Å²) in [6, 6.07) is 5.35. The highest BCUT2D eigenvalue weighted by atomic mass is 32.1. The monoisotopic (exact) mass is 411 g/mol. The average Bonchev–Trinajstić information content (AvgIpc) is 3.30. The summed E-state index contributed by atoms with van der Waals surface area (Å²) in [6.45, 7) is 1.21. The lowest BCUT2D eigenvalue weighted by atomic mass is 10.2. The number of aromatic nitrogens is 1. The van der Waals surface area contributed by atoms with Crippen LogP contribution >= 0.6 is 22.7 Å². The van der Waals surface area contributed by atoms with E-state index in [4.69, 9.17) is 0 Å². The molecular formula is C17H12F3N3O2S2. The minimum Gasteiger partial charge on any atom is -0.342 e. The summed E-state index contributed by atoms with van der Waals surface area (Å²) in [5.41, 5.74) is 0.00931. The van der Waals surface area contributed by atoms with Crippen molar-refractivity contribution in [1.82, 2.24) is 10.3 Å². The van der Waals surface area contributed by atoms with Crippen LogP contribution in [0, 0.1) is 24.4 Å². The molecule has 2 aromatic heterocycles. The SMILES string of the molecule is Cc1nc(-c2cccs2)sc1C(=O)NCC(=O)Nc1ccc(F)c(F)c1F. The van der Waals surface area contributed by atoms with Gasteiger partial charge in [-0.1, -0.05) is 6.07 Å². The number of benzene rings is 1. The molecule has 27 heavy (non-hydrogen) atoms. The van der Waals surface area contributed by atoms with E-state index in [1.165, 1.54) is 22.7 Å². The largest absolute Gasteiger partial charge is 0.342 e. The van der Waals surface area contributed by atoms with Crippen LogP contribution in [0.1, 0.15) is 15.4 Å². The fourth-order valence-electron chi connectivity index (χ4n) is 2.17. The summed E-state index contributed by atoms with van der Waals surface area (Å²) in [7, 11) is 0. The van der Waals surface area contributed by atoms with Gasteiger partial charge in [-0.25, -0.2) is 18.2 Å². The number of carbonyl (C=O) groups is 2. The molecule has 0 aliphatic carbocycles. The molecule has 5 nitrogen and oxygen atoms in total. The van der Waals surface area contributed by atoms with Crippen LogP contribution in [0.5, 0.6) is 0 Å². The van der Waals surface area contributed by atoms with E-state index in [1.807, 2.05) is 17.5 Å². The number of thiophene rings is 1. The number of hydrogen-bond donors (Lipinski definition) is 2. The van der Waals surface area contributed by atoms with Gasteiger partial charge >= 0.3 is 0 Å². The summed E-state index contributed by atoms with van der Waals surface area (Å²) in [6.07, 6.45) is 0. The predicted molar refractivity (Wildman–Crippen MR) is 97.4 cm³/mol. The molecule has 1 aromatic carbocycles. The molecule has 0 spiro atoms. The molecule has 0 fully saturated rings. The highest BCUT2D eigenvalue weighted by molar-refractivity contribution is 7.22. The van der Waals surface area contributed by atoms with Crippen LogP contribution in [0.4, 0.5) is 18.9 Å². The van der Waals surface area contributed by atoms with Gasteiger partial charge in [0.05, 0.1) is 22.8 Å². The third-order valence-electron chi connectivity index (χ3n) is 3.45. The summed E-state index contributed by atoms with van der Waals surface area (Å²) in [5.74, 6) is -5.84. The van der Waals surface area contributed by atoms with Gasteiger partial charge in [0.2, 0.25) is 5.91 Å². The maximum Gasteiger partial charge on any atom is 0.263 e. The van der Waals surface area contributed by atoms with Crippen molar-refractivity contribution in [2.24, 2.45) is 0 Å². The maximum atomic E-state index is 13.6. The summed E-state index contributed by atoms with van der Waals surface area (Å²) in [4.78, 5) is 29.7. The Hall–Kier alpha value is -2.72. The molecule has 0 radical (unpaired) electrons. The van der Waals surface area contributed by atoms with E-state index >= 15 is 0 Å². The number of amides is 2. The van der Waals surface area contributed by atoms with E-state index in [9.17, 15) is 22.8 Å². The predicted octanol–water partition coefficient (Wildman–Crippen LogP) is 3.97. The van der Waals surface area contributed by atoms with Crippen molar-refractivity contribution in [3.8, 4) is 9.88 Å². The van der Waals surface area contributed by atoms with Crippen LogP contribution < -0.4 is 10.6 Å². The zero-order valence-electron chi connectivity index (χ0n) is 13.8. The van der Waals surface area contributed by atoms with Gasteiger partial charge in [0, 0.05) is 0 Å². The number of hydrogen-bond acceptors (Lipinski definition) is 5. The number of thiazole rings is 1. The van der Waals surface area contributed by atoms with Crippen molar-refractivity contribution >= 4 is 40.2 Å². The Bertz CT molecular complexity index is 1000. The van der Waals surface area contributed by atoms with E-state index < -0.39 is 41.5 Å². The molecule has 0 atom stereocenters. The number of nitrogens with zero attached hydrogens (tertiary/aromatic N) is 1. The number of anilines is 1. The van der Waals surface area contributed by atoms with Crippen molar-refractivity contribution in [1.29, 1.82) is 0 Å². The lowest BCUT2D eigenvalue weighted by Crippen LogP contribution is -2.33. The second-order valence-electron chi connectivity index (χ2n) is 5.36. The fraction of sp³-hybridized carbons (Fsp3) is 0.118. The first kappa shape index (κ1) is 19.1. The van der Waals surface area contributed by atoms with Crippen molar-refractivity contribution in [2.75, 3.05) is 11.9 Å². The van der Waals surface area contributed by atoms with Crippen LogP contribution in [0.15, 0.2) is 29.6 Å². The van der Waals surface area contributed by atoms with Gasteiger partial charge < -0.3 is 10.6 Å². The van der Waals surface area contributed by atoms with Crippen molar-refractivity contribution in [3.63, 3.8) is 0 Å². The van der Waals surface area contributed by atoms with Gasteiger partial charge in [-0.15, -0.1) is 22.7 Å². The third-order valence-corrected chi connectivity index (χ3v) is 5.65. The second kappa shape index (κ2) is 7.89. The first-order valence-electron chi connectivity index (χ1n) is 7.59. The highest BCUT2D eigenvalue weighted by Crippen LogP contribution is 2.30. The normalized spacial score (nSPS) is 10.7. The van der Waals surface area contributed by atoms with Gasteiger partial charge in [0.25, 0.3) is 5.91 Å². The van der Waals surface area contributed by atoms with Gasteiger partial charge in [-0.05, 0) is 30.5 Å². The minimum absolute atomic E-state index is 0.352. The molecule has 0 bridgehead atoms. The Kier molecular flexibility index (Phi) is 5.57. The second-order valence-corrected chi connectivity index (χ2v) is 7.31. The molecule has 0 unspecified atom stereocenters. The Morgan fingerprint density at radius 1 is 1.15 bits per heavy atom. The minimum atomic E-state index is -1.68. The van der Waals surface area contributed by atoms with Crippen LogP contribution in [-0.2, 0) is 4.79 Å². The number of nitrogens with one attached hydrogen (secondary N) is 2. The molecule has 2 amide bonds. The topological polar surface area (TPSA) is 71.1 Å². The summed E-state index contributed by atoms with van der Waals surface area (Å²) >= 11 is 2.68. The Morgan fingerprint density at radius 3 is 2.63 bits per heavy atom. The molecule has 0 aliphatic rings. The molecule has 0 aliphatic heterocycles. The average molecular weight is 411 g/mol. The molecule has 3 aromatic rings. The molecule has 0 saturated heterocycles. The van der Waals surface area contributed by atoms with Crippen molar-refractivity contribution in [2.45, 2.75) is 6.92 Å². The first-order chi connectivity index (χ1) is 12.9. The van der Waals surface area contributed by atoms with Gasteiger partial charge in [-0.2, -0.15) is 0 Å². The number of rotatable bonds is 5. The van der Waals surface area contributed by atoms with Crippen molar-refractivity contribution < 1.29 is 22.8 Å². The molecule has 3 rings (SSSR count). The van der Waals surface area contributed by atoms with E-state index in [1.54, 1.807) is 6.92 Å². The zero-order chi connectivity index (χ0) is 19.6. The maximum absolute atomic E-state index is 13.6. The summed E-state index contributed by atoms with van der Waals surface area (Å²) in [5, 5.41) is 7.07. The molecule has 0 saturated carbocycles. The smallest absolute Gasteiger partial charge is 0.263 e. The van der Waals surface area contributed by atoms with E-state index in [0.717, 1.165) is 10.9 Å². The Labute approximate surface area is 159 Å². The molecule has 2 N–H and O–H groups in total. The number of halogens is 3. The van der Waals surface area contributed by atoms with Crippen LogP contribution in [0.2, 0.25) is 0 Å². The quantitative estimate of drug-likeness (QED) is 0.624. The van der Waals surface area contributed by atoms with Crippen LogP contribution in [0.3, 0.4) is 0 Å². The first-order valence-corrected chi connectivity index (χ1v) is 9.29.